The molecule has 1 aromatic carbocycles. The average Bonchev–Trinajstić information content (AvgIpc) is 2.99. The molecule has 130 valence electrons. The Balaban J connectivity index is 1.67. The van der Waals surface area contributed by atoms with E-state index in [1.165, 1.54) is 18.6 Å². The molecule has 1 amide bonds. The van der Waals surface area contributed by atoms with Crippen LogP contribution in [0.3, 0.4) is 0 Å². The lowest BCUT2D eigenvalue weighted by molar-refractivity contribution is -0.120. The minimum absolute atomic E-state index is 0.168. The first-order chi connectivity index (χ1) is 11.7. The van der Waals surface area contributed by atoms with Crippen molar-refractivity contribution in [3.05, 3.63) is 24.3 Å². The van der Waals surface area contributed by atoms with E-state index < -0.39 is 0 Å². The van der Waals surface area contributed by atoms with Gasteiger partial charge in [0.1, 0.15) is 0 Å². The minimum Gasteiger partial charge on any atom is -0.294 e. The molecule has 1 unspecified atom stereocenters. The second-order valence-corrected chi connectivity index (χ2v) is 8.22. The van der Waals surface area contributed by atoms with Crippen LogP contribution in [0, 0.1) is 5.92 Å². The van der Waals surface area contributed by atoms with Crippen LogP contribution in [-0.4, -0.2) is 54.0 Å². The van der Waals surface area contributed by atoms with Gasteiger partial charge in [0.2, 0.25) is 5.91 Å². The number of nitrogens with zero attached hydrogens (tertiary/aromatic N) is 3. The van der Waals surface area contributed by atoms with Crippen LogP contribution in [0.5, 0.6) is 0 Å². The highest BCUT2D eigenvalue weighted by Crippen LogP contribution is 2.29. The lowest BCUT2D eigenvalue weighted by atomic mass is 10.00. The lowest BCUT2D eigenvalue weighted by Crippen LogP contribution is -2.44. The van der Waals surface area contributed by atoms with Crippen molar-refractivity contribution >= 4 is 44.4 Å². The number of rotatable bonds is 6. The Kier molecular flexibility index (Phi) is 6.14. The van der Waals surface area contributed by atoms with E-state index in [1.807, 2.05) is 41.8 Å². The quantitative estimate of drug-likeness (QED) is 0.784. The van der Waals surface area contributed by atoms with E-state index in [4.69, 9.17) is 0 Å². The number of piperidine rings is 1. The normalized spacial score (nSPS) is 18.8. The summed E-state index contributed by atoms with van der Waals surface area (Å²) in [7, 11) is 0. The van der Waals surface area contributed by atoms with E-state index in [1.54, 1.807) is 11.3 Å². The van der Waals surface area contributed by atoms with Gasteiger partial charge in [0, 0.05) is 13.1 Å². The molecule has 1 fully saturated rings. The van der Waals surface area contributed by atoms with E-state index in [0.717, 1.165) is 34.4 Å². The zero-order valence-electron chi connectivity index (χ0n) is 14.4. The summed E-state index contributed by atoms with van der Waals surface area (Å²) in [6.45, 7) is 5.28. The number of hydrogen-bond acceptors (Lipinski definition) is 5. The molecule has 1 aliphatic heterocycles. The molecule has 1 aliphatic rings. The molecule has 1 aromatic heterocycles. The minimum atomic E-state index is 0.168. The molecule has 0 bridgehead atoms. The number of aromatic nitrogens is 1. The van der Waals surface area contributed by atoms with Crippen molar-refractivity contribution in [3.63, 3.8) is 0 Å². The Morgan fingerprint density at radius 1 is 1.46 bits per heavy atom. The summed E-state index contributed by atoms with van der Waals surface area (Å²) in [6, 6.07) is 8.07. The van der Waals surface area contributed by atoms with Gasteiger partial charge < -0.3 is 0 Å². The van der Waals surface area contributed by atoms with Gasteiger partial charge in [-0.25, -0.2) is 4.98 Å². The Hall–Kier alpha value is -1.11. The fourth-order valence-corrected chi connectivity index (χ4v) is 5.13. The van der Waals surface area contributed by atoms with Gasteiger partial charge in [0.15, 0.2) is 5.13 Å². The first-order valence-electron chi connectivity index (χ1n) is 8.58. The molecule has 0 saturated carbocycles. The fraction of sp³-hybridized carbons (Fsp3) is 0.556. The molecular formula is C18H25N3OS2. The van der Waals surface area contributed by atoms with E-state index in [-0.39, 0.29) is 5.91 Å². The molecule has 24 heavy (non-hydrogen) atoms. The van der Waals surface area contributed by atoms with Crippen LogP contribution in [0.4, 0.5) is 5.13 Å². The fourth-order valence-electron chi connectivity index (χ4n) is 3.34. The smallest absolute Gasteiger partial charge is 0.242 e. The molecule has 0 aliphatic carbocycles. The number of likely N-dealkylation sites (N-methyl/N-ethyl adjacent to an activating group) is 1. The predicted molar refractivity (Wildman–Crippen MR) is 105 cm³/mol. The third-order valence-electron chi connectivity index (χ3n) is 4.50. The Bertz CT molecular complexity index is 653. The van der Waals surface area contributed by atoms with Crippen molar-refractivity contribution in [1.82, 2.24) is 9.88 Å². The van der Waals surface area contributed by atoms with Crippen molar-refractivity contribution < 1.29 is 4.79 Å². The van der Waals surface area contributed by atoms with E-state index >= 15 is 0 Å². The number of fused-ring (bicyclic) bond motifs is 1. The number of thioether (sulfide) groups is 1. The topological polar surface area (TPSA) is 36.4 Å². The standard InChI is InChI=1S/C18H25N3OS2/c1-3-21(18-19-15-8-4-5-9-16(15)24-18)17(22)12-20-10-6-7-14(11-20)13-23-2/h4-5,8-9,14H,3,6-7,10-13H2,1-2H3. The molecule has 2 heterocycles. The van der Waals surface area contributed by atoms with Gasteiger partial charge in [0.05, 0.1) is 16.8 Å². The first-order valence-corrected chi connectivity index (χ1v) is 10.8. The Morgan fingerprint density at radius 2 is 2.29 bits per heavy atom. The number of carbonyl (C=O) groups is 1. The molecule has 1 saturated heterocycles. The summed E-state index contributed by atoms with van der Waals surface area (Å²) in [4.78, 5) is 21.6. The molecule has 0 radical (unpaired) electrons. The van der Waals surface area contributed by atoms with Crippen LogP contribution in [0.1, 0.15) is 19.8 Å². The number of thiazole rings is 1. The van der Waals surface area contributed by atoms with Crippen molar-refractivity contribution in [3.8, 4) is 0 Å². The first kappa shape index (κ1) is 17.7. The van der Waals surface area contributed by atoms with Gasteiger partial charge in [-0.05, 0) is 56.4 Å². The highest BCUT2D eigenvalue weighted by molar-refractivity contribution is 7.98. The van der Waals surface area contributed by atoms with Gasteiger partial charge in [-0.1, -0.05) is 23.5 Å². The largest absolute Gasteiger partial charge is 0.294 e. The summed E-state index contributed by atoms with van der Waals surface area (Å²) in [5.41, 5.74) is 0.974. The number of amides is 1. The number of anilines is 1. The van der Waals surface area contributed by atoms with Gasteiger partial charge in [-0.15, -0.1) is 0 Å². The molecule has 0 N–H and O–H groups in total. The Labute approximate surface area is 152 Å². The van der Waals surface area contributed by atoms with Gasteiger partial charge in [-0.3, -0.25) is 14.6 Å². The van der Waals surface area contributed by atoms with Crippen LogP contribution in [-0.2, 0) is 4.79 Å². The average molecular weight is 364 g/mol. The number of likely N-dealkylation sites (tertiary alicyclic amines) is 1. The number of para-hydroxylation sites is 1. The second-order valence-electron chi connectivity index (χ2n) is 6.30. The highest BCUT2D eigenvalue weighted by atomic mass is 32.2. The van der Waals surface area contributed by atoms with Gasteiger partial charge in [-0.2, -0.15) is 11.8 Å². The van der Waals surface area contributed by atoms with Crippen LogP contribution in [0.25, 0.3) is 10.2 Å². The molecule has 4 nitrogen and oxygen atoms in total. The predicted octanol–water partition coefficient (Wildman–Crippen LogP) is 3.72. The molecule has 6 heteroatoms. The summed E-state index contributed by atoms with van der Waals surface area (Å²) in [5.74, 6) is 2.08. The van der Waals surface area contributed by atoms with Crippen LogP contribution >= 0.6 is 23.1 Å². The zero-order valence-corrected chi connectivity index (χ0v) is 16.0. The van der Waals surface area contributed by atoms with E-state index in [2.05, 4.69) is 22.2 Å². The maximum absolute atomic E-state index is 12.8. The number of hydrogen-bond donors (Lipinski definition) is 0. The highest BCUT2D eigenvalue weighted by Gasteiger charge is 2.24. The third kappa shape index (κ3) is 4.10. The summed E-state index contributed by atoms with van der Waals surface area (Å²) in [6.07, 6.45) is 4.66. The lowest BCUT2D eigenvalue weighted by Gasteiger charge is -2.33. The van der Waals surface area contributed by atoms with E-state index in [9.17, 15) is 4.79 Å². The van der Waals surface area contributed by atoms with Crippen LogP contribution in [0.15, 0.2) is 24.3 Å². The molecule has 3 rings (SSSR count). The summed E-state index contributed by atoms with van der Waals surface area (Å²) in [5, 5.41) is 0.821. The van der Waals surface area contributed by atoms with E-state index in [0.29, 0.717) is 13.1 Å². The van der Waals surface area contributed by atoms with Gasteiger partial charge in [0.25, 0.3) is 0 Å². The third-order valence-corrected chi connectivity index (χ3v) is 6.36. The van der Waals surface area contributed by atoms with Crippen LogP contribution in [0.2, 0.25) is 0 Å². The van der Waals surface area contributed by atoms with Crippen molar-refractivity contribution in [2.45, 2.75) is 19.8 Å². The number of benzene rings is 1. The monoisotopic (exact) mass is 363 g/mol. The maximum atomic E-state index is 12.8. The van der Waals surface area contributed by atoms with Crippen molar-refractivity contribution in [1.29, 1.82) is 0 Å². The second kappa shape index (κ2) is 8.32. The SMILES string of the molecule is CCN(C(=O)CN1CCCC(CSC)C1)c1nc2ccccc2s1. The summed E-state index contributed by atoms with van der Waals surface area (Å²) >= 11 is 3.51. The molecule has 0 spiro atoms. The molecule has 1 atom stereocenters. The van der Waals surface area contributed by atoms with Crippen molar-refractivity contribution in [2.24, 2.45) is 5.92 Å². The molecule has 2 aromatic rings. The van der Waals surface area contributed by atoms with Crippen LogP contribution < -0.4 is 4.90 Å². The zero-order chi connectivity index (χ0) is 16.9. The molecular weight excluding hydrogens is 338 g/mol. The van der Waals surface area contributed by atoms with Gasteiger partial charge >= 0.3 is 0 Å². The number of carbonyl (C=O) groups excluding carboxylic acids is 1. The maximum Gasteiger partial charge on any atom is 0.242 e. The van der Waals surface area contributed by atoms with Crippen molar-refractivity contribution in [2.75, 3.05) is 43.1 Å². The Morgan fingerprint density at radius 3 is 3.04 bits per heavy atom. The summed E-state index contributed by atoms with van der Waals surface area (Å²) < 4.78 is 1.14.